The predicted molar refractivity (Wildman–Crippen MR) is 113 cm³/mol. The minimum atomic E-state index is -0.0913. The van der Waals surface area contributed by atoms with Crippen LogP contribution in [0.5, 0.6) is 0 Å². The molecule has 7 nitrogen and oxygen atoms in total. The quantitative estimate of drug-likeness (QED) is 0.721. The molecule has 1 aromatic carbocycles. The van der Waals surface area contributed by atoms with Crippen LogP contribution >= 0.6 is 0 Å². The molecule has 0 radical (unpaired) electrons. The van der Waals surface area contributed by atoms with Gasteiger partial charge in [-0.1, -0.05) is 30.3 Å². The van der Waals surface area contributed by atoms with E-state index in [1.807, 2.05) is 57.3 Å². The van der Waals surface area contributed by atoms with Gasteiger partial charge in [-0.15, -0.1) is 0 Å². The standard InChI is InChI=1S/C22H27N5O2/c1-15(14-27-9-11-29-12-10-27)23-22(28)18-13-19(17-7-5-4-6-8-17)24-21-20(18)16(2)25-26(21)3/h4-8,13,15H,9-12,14H2,1-3H3,(H,23,28). The van der Waals surface area contributed by atoms with Crippen molar-refractivity contribution < 1.29 is 9.53 Å². The van der Waals surface area contributed by atoms with Crippen LogP contribution in [0, 0.1) is 6.92 Å². The van der Waals surface area contributed by atoms with Crippen LogP contribution in [0.1, 0.15) is 23.0 Å². The first-order valence-electron chi connectivity index (χ1n) is 10.0. The summed E-state index contributed by atoms with van der Waals surface area (Å²) in [6.45, 7) is 8.07. The van der Waals surface area contributed by atoms with E-state index in [2.05, 4.69) is 15.3 Å². The molecule has 3 heterocycles. The van der Waals surface area contributed by atoms with Gasteiger partial charge in [-0.3, -0.25) is 14.4 Å². The number of nitrogens with zero attached hydrogens (tertiary/aromatic N) is 4. The van der Waals surface area contributed by atoms with Gasteiger partial charge in [0, 0.05) is 38.3 Å². The lowest BCUT2D eigenvalue weighted by atomic mass is 10.0. The van der Waals surface area contributed by atoms with Crippen LogP contribution < -0.4 is 5.32 Å². The molecule has 1 unspecified atom stereocenters. The Labute approximate surface area is 170 Å². The summed E-state index contributed by atoms with van der Waals surface area (Å²) in [4.78, 5) is 20.3. The third-order valence-electron chi connectivity index (χ3n) is 5.30. The molecular formula is C22H27N5O2. The Morgan fingerprint density at radius 3 is 2.69 bits per heavy atom. The van der Waals surface area contributed by atoms with Gasteiger partial charge in [0.05, 0.1) is 35.6 Å². The fourth-order valence-electron chi connectivity index (χ4n) is 3.90. The van der Waals surface area contributed by atoms with Crippen molar-refractivity contribution in [2.75, 3.05) is 32.8 Å². The van der Waals surface area contributed by atoms with Gasteiger partial charge in [0.25, 0.3) is 5.91 Å². The van der Waals surface area contributed by atoms with Crippen LogP contribution in [0.2, 0.25) is 0 Å². The number of hydrogen-bond acceptors (Lipinski definition) is 5. The number of nitrogens with one attached hydrogen (secondary N) is 1. The van der Waals surface area contributed by atoms with Crippen molar-refractivity contribution >= 4 is 16.9 Å². The highest BCUT2D eigenvalue weighted by Crippen LogP contribution is 2.26. The van der Waals surface area contributed by atoms with Crippen molar-refractivity contribution in [3.63, 3.8) is 0 Å². The normalized spacial score (nSPS) is 16.1. The average molecular weight is 393 g/mol. The van der Waals surface area contributed by atoms with Gasteiger partial charge in [0.2, 0.25) is 0 Å². The molecule has 152 valence electrons. The lowest BCUT2D eigenvalue weighted by Gasteiger charge is -2.29. The number of hydrogen-bond donors (Lipinski definition) is 1. The minimum absolute atomic E-state index is 0.0287. The van der Waals surface area contributed by atoms with Gasteiger partial charge < -0.3 is 10.1 Å². The van der Waals surface area contributed by atoms with Gasteiger partial charge in [0.15, 0.2) is 5.65 Å². The van der Waals surface area contributed by atoms with Crippen LogP contribution in [0.4, 0.5) is 0 Å². The highest BCUT2D eigenvalue weighted by molar-refractivity contribution is 6.07. The highest BCUT2D eigenvalue weighted by atomic mass is 16.5. The second-order valence-electron chi connectivity index (χ2n) is 7.62. The van der Waals surface area contributed by atoms with E-state index in [-0.39, 0.29) is 11.9 Å². The first-order chi connectivity index (χ1) is 14.0. The summed E-state index contributed by atoms with van der Waals surface area (Å²) in [6, 6.07) is 11.8. The third kappa shape index (κ3) is 4.16. The van der Waals surface area contributed by atoms with E-state index in [9.17, 15) is 4.79 Å². The predicted octanol–water partition coefficient (Wildman–Crippen LogP) is 2.39. The van der Waals surface area contributed by atoms with Crippen molar-refractivity contribution in [3.8, 4) is 11.3 Å². The van der Waals surface area contributed by atoms with E-state index >= 15 is 0 Å². The van der Waals surface area contributed by atoms with Crippen molar-refractivity contribution in [1.29, 1.82) is 0 Å². The summed E-state index contributed by atoms with van der Waals surface area (Å²) in [6.07, 6.45) is 0. The topological polar surface area (TPSA) is 72.3 Å². The van der Waals surface area contributed by atoms with E-state index in [1.165, 1.54) is 0 Å². The third-order valence-corrected chi connectivity index (χ3v) is 5.30. The maximum Gasteiger partial charge on any atom is 0.252 e. The second kappa shape index (κ2) is 8.31. The highest BCUT2D eigenvalue weighted by Gasteiger charge is 2.21. The van der Waals surface area contributed by atoms with E-state index in [4.69, 9.17) is 9.72 Å². The summed E-state index contributed by atoms with van der Waals surface area (Å²) in [5, 5.41) is 8.47. The summed E-state index contributed by atoms with van der Waals surface area (Å²) in [5.74, 6) is -0.0913. The molecule has 1 amide bonds. The van der Waals surface area contributed by atoms with Crippen LogP contribution in [-0.4, -0.2) is 64.5 Å². The Morgan fingerprint density at radius 2 is 1.97 bits per heavy atom. The lowest BCUT2D eigenvalue weighted by Crippen LogP contribution is -2.46. The molecule has 4 rings (SSSR count). The Balaban J connectivity index is 1.65. The molecule has 1 fully saturated rings. The first kappa shape index (κ1) is 19.5. The molecule has 0 spiro atoms. The van der Waals surface area contributed by atoms with E-state index in [1.54, 1.807) is 4.68 Å². The number of pyridine rings is 1. The minimum Gasteiger partial charge on any atom is -0.379 e. The Hall–Kier alpha value is -2.77. The number of carbonyl (C=O) groups is 1. The molecule has 7 heteroatoms. The summed E-state index contributed by atoms with van der Waals surface area (Å²) >= 11 is 0. The number of aromatic nitrogens is 3. The fraction of sp³-hybridized carbons (Fsp3) is 0.409. The molecule has 1 saturated heterocycles. The van der Waals surface area contributed by atoms with Crippen LogP contribution in [-0.2, 0) is 11.8 Å². The molecule has 1 N–H and O–H groups in total. The van der Waals surface area contributed by atoms with Gasteiger partial charge >= 0.3 is 0 Å². The molecule has 2 aromatic heterocycles. The zero-order valence-corrected chi connectivity index (χ0v) is 17.2. The van der Waals surface area contributed by atoms with Crippen molar-refractivity contribution in [1.82, 2.24) is 25.0 Å². The number of benzene rings is 1. The smallest absolute Gasteiger partial charge is 0.252 e. The first-order valence-corrected chi connectivity index (χ1v) is 10.0. The zero-order chi connectivity index (χ0) is 20.4. The molecule has 0 saturated carbocycles. The van der Waals surface area contributed by atoms with Gasteiger partial charge in [-0.2, -0.15) is 5.10 Å². The molecule has 3 aromatic rings. The summed E-state index contributed by atoms with van der Waals surface area (Å²) < 4.78 is 7.15. The summed E-state index contributed by atoms with van der Waals surface area (Å²) in [7, 11) is 1.86. The second-order valence-corrected chi connectivity index (χ2v) is 7.62. The maximum absolute atomic E-state index is 13.2. The maximum atomic E-state index is 13.2. The lowest BCUT2D eigenvalue weighted by molar-refractivity contribution is 0.0342. The number of rotatable bonds is 5. The average Bonchev–Trinajstić information content (AvgIpc) is 3.02. The fourth-order valence-corrected chi connectivity index (χ4v) is 3.90. The number of morpholine rings is 1. The van der Waals surface area contributed by atoms with Crippen molar-refractivity contribution in [3.05, 3.63) is 47.7 Å². The molecule has 1 aliphatic heterocycles. The number of amides is 1. The van der Waals surface area contributed by atoms with Gasteiger partial charge in [-0.05, 0) is 19.9 Å². The Bertz CT molecular complexity index is 1010. The largest absolute Gasteiger partial charge is 0.379 e. The number of carbonyl (C=O) groups excluding carboxylic acids is 1. The monoisotopic (exact) mass is 393 g/mol. The van der Waals surface area contributed by atoms with E-state index < -0.39 is 0 Å². The van der Waals surface area contributed by atoms with Gasteiger partial charge in [0.1, 0.15) is 0 Å². The number of fused-ring (bicyclic) bond motifs is 1. The number of aryl methyl sites for hydroxylation is 2. The zero-order valence-electron chi connectivity index (χ0n) is 17.2. The van der Waals surface area contributed by atoms with Gasteiger partial charge in [-0.25, -0.2) is 4.98 Å². The molecule has 0 bridgehead atoms. The van der Waals surface area contributed by atoms with Crippen molar-refractivity contribution in [2.24, 2.45) is 7.05 Å². The number of ether oxygens (including phenoxy) is 1. The SMILES string of the molecule is Cc1nn(C)c2nc(-c3ccccc3)cc(C(=O)NC(C)CN3CCOCC3)c12. The van der Waals surface area contributed by atoms with Crippen molar-refractivity contribution in [2.45, 2.75) is 19.9 Å². The van der Waals surface area contributed by atoms with Crippen LogP contribution in [0.25, 0.3) is 22.3 Å². The Kier molecular flexibility index (Phi) is 5.60. The van der Waals surface area contributed by atoms with E-state index in [0.717, 1.165) is 60.8 Å². The molecule has 29 heavy (non-hydrogen) atoms. The van der Waals surface area contributed by atoms with E-state index in [0.29, 0.717) is 5.56 Å². The summed E-state index contributed by atoms with van der Waals surface area (Å²) in [5.41, 5.74) is 3.89. The molecular weight excluding hydrogens is 366 g/mol. The molecule has 1 aliphatic rings. The molecule has 1 atom stereocenters. The Morgan fingerprint density at radius 1 is 1.24 bits per heavy atom. The van der Waals surface area contributed by atoms with Crippen LogP contribution in [0.15, 0.2) is 36.4 Å². The molecule has 0 aliphatic carbocycles. The van der Waals surface area contributed by atoms with Crippen LogP contribution in [0.3, 0.4) is 0 Å².